The van der Waals surface area contributed by atoms with Gasteiger partial charge in [-0.05, 0) is 55.3 Å². The Morgan fingerprint density at radius 1 is 1.07 bits per heavy atom. The summed E-state index contributed by atoms with van der Waals surface area (Å²) in [6.07, 6.45) is 0.165. The number of esters is 1. The van der Waals surface area contributed by atoms with Gasteiger partial charge in [0.25, 0.3) is 0 Å². The maximum atomic E-state index is 12.4. The number of nitrogens with one attached hydrogen (secondary N) is 1. The van der Waals surface area contributed by atoms with Crippen LogP contribution in [0.3, 0.4) is 0 Å². The lowest BCUT2D eigenvalue weighted by Gasteiger charge is -2.29. The van der Waals surface area contributed by atoms with E-state index in [2.05, 4.69) is 16.3 Å². The number of rotatable bonds is 7. The van der Waals surface area contributed by atoms with Crippen molar-refractivity contribution in [3.8, 4) is 5.75 Å². The van der Waals surface area contributed by atoms with Crippen LogP contribution in [-0.4, -0.2) is 51.9 Å². The van der Waals surface area contributed by atoms with Gasteiger partial charge in [0.05, 0.1) is 44.6 Å². The van der Waals surface area contributed by atoms with E-state index in [0.717, 1.165) is 35.7 Å². The quantitative estimate of drug-likeness (QED) is 0.703. The van der Waals surface area contributed by atoms with Crippen molar-refractivity contribution in [2.24, 2.45) is 0 Å². The molecule has 1 N–H and O–H groups in total. The minimum atomic E-state index is -0.494. The standard InChI is InChI=1S/C23H28N2O5/c1-16-12-17(2)14-19(13-16)30-9-6-22(26)24-21-5-4-18(15-20(21)23(27)28-3)25-7-10-29-11-8-25/h4-5,12-15H,6-11H2,1-3H3,(H,24,26). The predicted molar refractivity (Wildman–Crippen MR) is 115 cm³/mol. The van der Waals surface area contributed by atoms with Gasteiger partial charge < -0.3 is 24.4 Å². The minimum Gasteiger partial charge on any atom is -0.493 e. The third-order valence-corrected chi connectivity index (χ3v) is 4.85. The summed E-state index contributed by atoms with van der Waals surface area (Å²) in [5.41, 5.74) is 3.87. The molecule has 0 radical (unpaired) electrons. The van der Waals surface area contributed by atoms with E-state index in [4.69, 9.17) is 14.2 Å². The number of hydrogen-bond acceptors (Lipinski definition) is 6. The topological polar surface area (TPSA) is 77.1 Å². The second kappa shape index (κ2) is 10.1. The highest BCUT2D eigenvalue weighted by atomic mass is 16.5. The van der Waals surface area contributed by atoms with Crippen molar-refractivity contribution in [2.75, 3.05) is 50.2 Å². The molecule has 0 unspecified atom stereocenters. The zero-order chi connectivity index (χ0) is 21.5. The SMILES string of the molecule is COC(=O)c1cc(N2CCOCC2)ccc1NC(=O)CCOc1cc(C)cc(C)c1. The summed E-state index contributed by atoms with van der Waals surface area (Å²) in [6.45, 7) is 7.04. The summed E-state index contributed by atoms with van der Waals surface area (Å²) in [5.74, 6) is 0.0148. The van der Waals surface area contributed by atoms with Crippen LogP contribution in [0, 0.1) is 13.8 Å². The van der Waals surface area contributed by atoms with Crippen molar-refractivity contribution in [3.05, 3.63) is 53.1 Å². The van der Waals surface area contributed by atoms with Gasteiger partial charge in [-0.1, -0.05) is 6.07 Å². The average molecular weight is 412 g/mol. The van der Waals surface area contributed by atoms with Crippen LogP contribution in [-0.2, 0) is 14.3 Å². The number of nitrogens with zero attached hydrogens (tertiary/aromatic N) is 1. The summed E-state index contributed by atoms with van der Waals surface area (Å²) in [6, 6.07) is 11.3. The van der Waals surface area contributed by atoms with E-state index >= 15 is 0 Å². The van der Waals surface area contributed by atoms with Crippen LogP contribution >= 0.6 is 0 Å². The minimum absolute atomic E-state index is 0.165. The molecule has 1 aliphatic heterocycles. The zero-order valence-corrected chi connectivity index (χ0v) is 17.7. The van der Waals surface area contributed by atoms with Crippen molar-refractivity contribution < 1.29 is 23.8 Å². The van der Waals surface area contributed by atoms with Crippen molar-refractivity contribution in [2.45, 2.75) is 20.3 Å². The van der Waals surface area contributed by atoms with Crippen molar-refractivity contribution >= 4 is 23.3 Å². The Kier molecular flexibility index (Phi) is 7.30. The van der Waals surface area contributed by atoms with Gasteiger partial charge in [-0.25, -0.2) is 4.79 Å². The second-order valence-electron chi connectivity index (χ2n) is 7.29. The summed E-state index contributed by atoms with van der Waals surface area (Å²) < 4.78 is 16.0. The number of carbonyl (C=O) groups excluding carboxylic acids is 2. The highest BCUT2D eigenvalue weighted by Gasteiger charge is 2.18. The molecule has 30 heavy (non-hydrogen) atoms. The summed E-state index contributed by atoms with van der Waals surface area (Å²) in [7, 11) is 1.33. The predicted octanol–water partition coefficient (Wildman–Crippen LogP) is 3.33. The van der Waals surface area contributed by atoms with Crippen molar-refractivity contribution in [1.82, 2.24) is 0 Å². The zero-order valence-electron chi connectivity index (χ0n) is 17.7. The van der Waals surface area contributed by atoms with Crippen LogP contribution in [0.15, 0.2) is 36.4 Å². The molecule has 0 atom stereocenters. The van der Waals surface area contributed by atoms with Crippen LogP contribution in [0.4, 0.5) is 11.4 Å². The lowest BCUT2D eigenvalue weighted by atomic mass is 10.1. The largest absolute Gasteiger partial charge is 0.493 e. The number of aryl methyl sites for hydroxylation is 2. The number of carbonyl (C=O) groups is 2. The molecule has 2 aromatic rings. The molecule has 160 valence electrons. The molecular weight excluding hydrogens is 384 g/mol. The number of anilines is 2. The lowest BCUT2D eigenvalue weighted by molar-refractivity contribution is -0.116. The van der Waals surface area contributed by atoms with Gasteiger partial charge in [-0.15, -0.1) is 0 Å². The summed E-state index contributed by atoms with van der Waals surface area (Å²) in [5, 5.41) is 2.80. The molecule has 2 aromatic carbocycles. The fraction of sp³-hybridized carbons (Fsp3) is 0.391. The number of ether oxygens (including phenoxy) is 3. The van der Waals surface area contributed by atoms with Gasteiger partial charge in [-0.2, -0.15) is 0 Å². The maximum Gasteiger partial charge on any atom is 0.340 e. The Balaban J connectivity index is 1.63. The van der Waals surface area contributed by atoms with Gasteiger partial charge in [0.1, 0.15) is 5.75 Å². The summed E-state index contributed by atoms with van der Waals surface area (Å²) in [4.78, 5) is 26.8. The number of hydrogen-bond donors (Lipinski definition) is 1. The van der Waals surface area contributed by atoms with E-state index in [9.17, 15) is 9.59 Å². The molecule has 0 aliphatic carbocycles. The maximum absolute atomic E-state index is 12.4. The molecule has 7 nitrogen and oxygen atoms in total. The molecule has 1 heterocycles. The normalized spacial score (nSPS) is 13.6. The van der Waals surface area contributed by atoms with Gasteiger partial charge >= 0.3 is 5.97 Å². The van der Waals surface area contributed by atoms with Crippen LogP contribution in [0.25, 0.3) is 0 Å². The monoisotopic (exact) mass is 412 g/mol. The van der Waals surface area contributed by atoms with E-state index in [-0.39, 0.29) is 18.9 Å². The van der Waals surface area contributed by atoms with E-state index < -0.39 is 5.97 Å². The third-order valence-electron chi connectivity index (χ3n) is 4.85. The molecule has 1 saturated heterocycles. The highest BCUT2D eigenvalue weighted by Crippen LogP contribution is 2.25. The summed E-state index contributed by atoms with van der Waals surface area (Å²) >= 11 is 0. The molecule has 3 rings (SSSR count). The molecule has 7 heteroatoms. The number of amides is 1. The molecule has 1 fully saturated rings. The van der Waals surface area contributed by atoms with Crippen LogP contribution in [0.2, 0.25) is 0 Å². The number of methoxy groups -OCH3 is 1. The van der Waals surface area contributed by atoms with E-state index in [1.165, 1.54) is 7.11 Å². The molecular formula is C23H28N2O5. The fourth-order valence-corrected chi connectivity index (χ4v) is 3.43. The number of benzene rings is 2. The smallest absolute Gasteiger partial charge is 0.340 e. The van der Waals surface area contributed by atoms with Gasteiger partial charge in [0.15, 0.2) is 0 Å². The Morgan fingerprint density at radius 3 is 2.43 bits per heavy atom. The fourth-order valence-electron chi connectivity index (χ4n) is 3.43. The van der Waals surface area contributed by atoms with Crippen LogP contribution < -0.4 is 15.0 Å². The van der Waals surface area contributed by atoms with Crippen molar-refractivity contribution in [3.63, 3.8) is 0 Å². The lowest BCUT2D eigenvalue weighted by Crippen LogP contribution is -2.36. The average Bonchev–Trinajstić information content (AvgIpc) is 2.73. The van der Waals surface area contributed by atoms with E-state index in [1.54, 1.807) is 12.1 Å². The van der Waals surface area contributed by atoms with E-state index in [1.807, 2.05) is 32.0 Å². The van der Waals surface area contributed by atoms with Gasteiger partial charge in [0, 0.05) is 18.8 Å². The second-order valence-corrected chi connectivity index (χ2v) is 7.29. The van der Waals surface area contributed by atoms with Crippen LogP contribution in [0.1, 0.15) is 27.9 Å². The third kappa shape index (κ3) is 5.73. The van der Waals surface area contributed by atoms with Crippen LogP contribution in [0.5, 0.6) is 5.75 Å². The van der Waals surface area contributed by atoms with Crippen molar-refractivity contribution in [1.29, 1.82) is 0 Å². The Morgan fingerprint density at radius 2 is 1.77 bits per heavy atom. The first kappa shape index (κ1) is 21.6. The highest BCUT2D eigenvalue weighted by molar-refractivity contribution is 6.02. The first-order chi connectivity index (χ1) is 14.5. The number of morpholine rings is 1. The molecule has 0 bridgehead atoms. The van der Waals surface area contributed by atoms with Gasteiger partial charge in [-0.3, -0.25) is 4.79 Å². The molecule has 0 spiro atoms. The molecule has 0 saturated carbocycles. The Labute approximate surface area is 176 Å². The molecule has 1 amide bonds. The molecule has 0 aromatic heterocycles. The van der Waals surface area contributed by atoms with Gasteiger partial charge in [0.2, 0.25) is 5.91 Å². The molecule has 1 aliphatic rings. The van der Waals surface area contributed by atoms with E-state index in [0.29, 0.717) is 24.5 Å². The Bertz CT molecular complexity index is 886. The first-order valence-corrected chi connectivity index (χ1v) is 10.0. The Hall–Kier alpha value is -3.06. The first-order valence-electron chi connectivity index (χ1n) is 10.0.